The molecule has 174 valence electrons. The molecule has 0 bridgehead atoms. The third kappa shape index (κ3) is 4.79. The highest BCUT2D eigenvalue weighted by atomic mass is 16.5. The summed E-state index contributed by atoms with van der Waals surface area (Å²) in [7, 11) is 0. The van der Waals surface area contributed by atoms with E-state index in [1.165, 1.54) is 0 Å². The fourth-order valence-corrected chi connectivity index (χ4v) is 4.55. The van der Waals surface area contributed by atoms with Crippen molar-refractivity contribution in [2.45, 2.75) is 31.5 Å². The summed E-state index contributed by atoms with van der Waals surface area (Å²) in [6, 6.07) is 20.8. The SMILES string of the molecule is O=C(NCCc1ccccn1)c1ccc(NC2c3ccccc3C(=O)N2CC2CCCO2)cc1. The zero-order valence-corrected chi connectivity index (χ0v) is 18.9. The van der Waals surface area contributed by atoms with Crippen LogP contribution in [0.4, 0.5) is 5.69 Å². The molecule has 3 heterocycles. The number of pyridine rings is 1. The van der Waals surface area contributed by atoms with Gasteiger partial charge < -0.3 is 20.3 Å². The molecule has 1 aromatic heterocycles. The van der Waals surface area contributed by atoms with Crippen LogP contribution >= 0.6 is 0 Å². The van der Waals surface area contributed by atoms with Crippen LogP contribution in [0.1, 0.15) is 51.0 Å². The van der Waals surface area contributed by atoms with Gasteiger partial charge in [0.25, 0.3) is 11.8 Å². The molecule has 0 aliphatic carbocycles. The van der Waals surface area contributed by atoms with Gasteiger partial charge in [-0.1, -0.05) is 24.3 Å². The first-order chi connectivity index (χ1) is 16.7. The molecule has 34 heavy (non-hydrogen) atoms. The van der Waals surface area contributed by atoms with Crippen LogP contribution in [0.25, 0.3) is 0 Å². The molecule has 5 rings (SSSR count). The highest BCUT2D eigenvalue weighted by Crippen LogP contribution is 2.35. The van der Waals surface area contributed by atoms with Crippen molar-refractivity contribution in [2.75, 3.05) is 25.0 Å². The van der Waals surface area contributed by atoms with Crippen LogP contribution in [0.15, 0.2) is 72.9 Å². The van der Waals surface area contributed by atoms with Crippen molar-refractivity contribution in [2.24, 2.45) is 0 Å². The quantitative estimate of drug-likeness (QED) is 0.539. The van der Waals surface area contributed by atoms with Gasteiger partial charge in [0.05, 0.1) is 6.10 Å². The van der Waals surface area contributed by atoms with E-state index in [1.807, 2.05) is 59.5 Å². The largest absolute Gasteiger partial charge is 0.376 e. The third-order valence-electron chi connectivity index (χ3n) is 6.33. The third-order valence-corrected chi connectivity index (χ3v) is 6.33. The highest BCUT2D eigenvalue weighted by Gasteiger charge is 2.38. The molecule has 3 aromatic rings. The first kappa shape index (κ1) is 22.1. The number of carbonyl (C=O) groups is 2. The van der Waals surface area contributed by atoms with E-state index < -0.39 is 0 Å². The summed E-state index contributed by atoms with van der Waals surface area (Å²) in [6.07, 6.45) is 4.23. The molecule has 2 atom stereocenters. The maximum Gasteiger partial charge on any atom is 0.256 e. The van der Waals surface area contributed by atoms with Crippen LogP contribution in [-0.2, 0) is 11.2 Å². The van der Waals surface area contributed by atoms with Crippen LogP contribution in [-0.4, -0.2) is 47.5 Å². The van der Waals surface area contributed by atoms with Gasteiger partial charge in [0, 0.05) is 60.4 Å². The summed E-state index contributed by atoms with van der Waals surface area (Å²) >= 11 is 0. The lowest BCUT2D eigenvalue weighted by molar-refractivity contribution is 0.0489. The number of benzene rings is 2. The molecular formula is C27H28N4O3. The second-order valence-electron chi connectivity index (χ2n) is 8.63. The fraction of sp³-hybridized carbons (Fsp3) is 0.296. The van der Waals surface area contributed by atoms with Gasteiger partial charge in [0.1, 0.15) is 6.17 Å². The Bertz CT molecular complexity index is 1140. The van der Waals surface area contributed by atoms with Crippen LogP contribution in [0, 0.1) is 0 Å². The van der Waals surface area contributed by atoms with Crippen molar-refractivity contribution in [3.8, 4) is 0 Å². The van der Waals surface area contributed by atoms with Crippen molar-refractivity contribution in [1.82, 2.24) is 15.2 Å². The summed E-state index contributed by atoms with van der Waals surface area (Å²) in [5, 5.41) is 6.43. The van der Waals surface area contributed by atoms with Gasteiger partial charge in [-0.25, -0.2) is 0 Å². The standard InChI is InChI=1S/C27H28N4O3/c32-26(29-16-14-20-6-3-4-15-28-20)19-10-12-21(13-11-19)30-25-23-8-1-2-9-24(23)27(33)31(25)18-22-7-5-17-34-22/h1-4,6,8-13,15,22,25,30H,5,7,14,16-18H2,(H,29,32). The molecule has 7 heteroatoms. The summed E-state index contributed by atoms with van der Waals surface area (Å²) in [5.41, 5.74) is 4.06. The minimum absolute atomic E-state index is 0.0208. The van der Waals surface area contributed by atoms with Crippen LogP contribution in [0.5, 0.6) is 0 Å². The van der Waals surface area contributed by atoms with E-state index in [9.17, 15) is 9.59 Å². The number of fused-ring (bicyclic) bond motifs is 1. The lowest BCUT2D eigenvalue weighted by Crippen LogP contribution is -2.38. The van der Waals surface area contributed by atoms with Gasteiger partial charge >= 0.3 is 0 Å². The van der Waals surface area contributed by atoms with Gasteiger partial charge in [0.2, 0.25) is 0 Å². The molecule has 2 N–H and O–H groups in total. The number of hydrogen-bond acceptors (Lipinski definition) is 5. The normalized spacial score (nSPS) is 19.2. The Morgan fingerprint density at radius 3 is 2.65 bits per heavy atom. The van der Waals surface area contributed by atoms with Gasteiger partial charge in [-0.05, 0) is 55.3 Å². The Morgan fingerprint density at radius 2 is 1.88 bits per heavy atom. The van der Waals surface area contributed by atoms with Gasteiger partial charge in [-0.3, -0.25) is 14.6 Å². The topological polar surface area (TPSA) is 83.6 Å². The molecule has 2 aromatic carbocycles. The Balaban J connectivity index is 1.24. The predicted molar refractivity (Wildman–Crippen MR) is 130 cm³/mol. The van der Waals surface area contributed by atoms with Crippen molar-refractivity contribution >= 4 is 17.5 Å². The first-order valence-corrected chi connectivity index (χ1v) is 11.8. The maximum absolute atomic E-state index is 13.1. The smallest absolute Gasteiger partial charge is 0.256 e. The zero-order chi connectivity index (χ0) is 23.3. The van der Waals surface area contributed by atoms with E-state index in [4.69, 9.17) is 4.74 Å². The number of carbonyl (C=O) groups excluding carboxylic acids is 2. The Labute approximate surface area is 199 Å². The van der Waals surface area contributed by atoms with Crippen LogP contribution < -0.4 is 10.6 Å². The molecular weight excluding hydrogens is 428 g/mol. The molecule has 1 saturated heterocycles. The average Bonchev–Trinajstić information content (AvgIpc) is 3.48. The number of aromatic nitrogens is 1. The molecule has 1 fully saturated rings. The second kappa shape index (κ2) is 10.1. The van der Waals surface area contributed by atoms with Crippen molar-refractivity contribution in [3.63, 3.8) is 0 Å². The predicted octanol–water partition coefficient (Wildman–Crippen LogP) is 3.80. The Kier molecular flexibility index (Phi) is 6.53. The number of rotatable bonds is 8. The van der Waals surface area contributed by atoms with E-state index in [0.717, 1.165) is 42.0 Å². The summed E-state index contributed by atoms with van der Waals surface area (Å²) in [6.45, 7) is 1.83. The van der Waals surface area contributed by atoms with Crippen LogP contribution in [0.3, 0.4) is 0 Å². The lowest BCUT2D eigenvalue weighted by atomic mass is 10.1. The zero-order valence-electron chi connectivity index (χ0n) is 18.9. The molecule has 0 saturated carbocycles. The summed E-state index contributed by atoms with van der Waals surface area (Å²) < 4.78 is 5.79. The monoisotopic (exact) mass is 456 g/mol. The number of amides is 2. The van der Waals surface area contributed by atoms with Crippen molar-refractivity contribution in [3.05, 3.63) is 95.3 Å². The van der Waals surface area contributed by atoms with Gasteiger partial charge in [0.15, 0.2) is 0 Å². The number of nitrogens with zero attached hydrogens (tertiary/aromatic N) is 2. The average molecular weight is 457 g/mol. The molecule has 2 unspecified atom stereocenters. The molecule has 0 spiro atoms. The van der Waals surface area contributed by atoms with E-state index >= 15 is 0 Å². The highest BCUT2D eigenvalue weighted by molar-refractivity contribution is 5.99. The molecule has 0 radical (unpaired) electrons. The second-order valence-corrected chi connectivity index (χ2v) is 8.63. The first-order valence-electron chi connectivity index (χ1n) is 11.8. The fourth-order valence-electron chi connectivity index (χ4n) is 4.55. The van der Waals surface area contributed by atoms with E-state index in [-0.39, 0.29) is 24.1 Å². The summed E-state index contributed by atoms with van der Waals surface area (Å²) in [4.78, 5) is 31.8. The lowest BCUT2D eigenvalue weighted by Gasteiger charge is -2.29. The molecule has 7 nitrogen and oxygen atoms in total. The minimum Gasteiger partial charge on any atom is -0.376 e. The van der Waals surface area contributed by atoms with Crippen molar-refractivity contribution < 1.29 is 14.3 Å². The van der Waals surface area contributed by atoms with Gasteiger partial charge in [-0.2, -0.15) is 0 Å². The number of anilines is 1. The summed E-state index contributed by atoms with van der Waals surface area (Å²) in [5.74, 6) is -0.101. The van der Waals surface area contributed by atoms with Gasteiger partial charge in [-0.15, -0.1) is 0 Å². The maximum atomic E-state index is 13.1. The number of ether oxygens (including phenoxy) is 1. The Morgan fingerprint density at radius 1 is 1.06 bits per heavy atom. The van der Waals surface area contributed by atoms with Crippen LogP contribution in [0.2, 0.25) is 0 Å². The number of hydrogen-bond donors (Lipinski definition) is 2. The molecule has 2 aliphatic heterocycles. The van der Waals surface area contributed by atoms with E-state index in [0.29, 0.717) is 25.1 Å². The minimum atomic E-state index is -0.272. The number of nitrogens with one attached hydrogen (secondary N) is 2. The van der Waals surface area contributed by atoms with Crippen molar-refractivity contribution in [1.29, 1.82) is 0 Å². The van der Waals surface area contributed by atoms with E-state index in [2.05, 4.69) is 15.6 Å². The van der Waals surface area contributed by atoms with E-state index in [1.54, 1.807) is 18.3 Å². The molecule has 2 amide bonds. The Hall–Kier alpha value is -3.71. The molecule has 2 aliphatic rings.